The highest BCUT2D eigenvalue weighted by Gasteiger charge is 1.94. The lowest BCUT2D eigenvalue weighted by atomic mass is 10.4. The molecule has 0 atom stereocenters. The van der Waals surface area contributed by atoms with Gasteiger partial charge in [0.05, 0.1) is 11.9 Å². The Balaban J connectivity index is 1.96. The molecule has 1 heterocycles. The number of rotatable bonds is 3. The van der Waals surface area contributed by atoms with Crippen LogP contribution >= 0.6 is 34.5 Å². The molecule has 4 heteroatoms. The van der Waals surface area contributed by atoms with Gasteiger partial charge in [-0.25, -0.2) is 0 Å². The molecule has 1 aromatic heterocycles. The Morgan fingerprint density at radius 3 is 2.60 bits per heavy atom. The topological polar surface area (TPSA) is 24.9 Å². The highest BCUT2D eigenvalue weighted by molar-refractivity contribution is 14.1. The molecule has 0 amide bonds. The number of nitrogens with zero attached hydrogens (tertiary/aromatic N) is 1. The van der Waals surface area contributed by atoms with Gasteiger partial charge < -0.3 is 4.72 Å². The van der Waals surface area contributed by atoms with Crippen LogP contribution < -0.4 is 4.72 Å². The Hall–Kier alpha value is -0.750. The molecular formula is C11H9IN2S. The Bertz CT molecular complexity index is 416. The van der Waals surface area contributed by atoms with Crippen molar-refractivity contribution in [3.63, 3.8) is 0 Å². The lowest BCUT2D eigenvalue weighted by molar-refractivity contribution is 1.33. The Kier molecular flexibility index (Phi) is 3.85. The third kappa shape index (κ3) is 3.39. The van der Waals surface area contributed by atoms with Gasteiger partial charge in [0.15, 0.2) is 0 Å². The molecule has 0 radical (unpaired) electrons. The molecule has 0 saturated heterocycles. The summed E-state index contributed by atoms with van der Waals surface area (Å²) in [6.45, 7) is 0. The van der Waals surface area contributed by atoms with Gasteiger partial charge in [-0.05, 0) is 70.9 Å². The smallest absolute Gasteiger partial charge is 0.0628 e. The number of hydrogen-bond acceptors (Lipinski definition) is 3. The van der Waals surface area contributed by atoms with E-state index in [0.29, 0.717) is 0 Å². The summed E-state index contributed by atoms with van der Waals surface area (Å²) < 4.78 is 4.48. The van der Waals surface area contributed by atoms with E-state index in [-0.39, 0.29) is 0 Å². The summed E-state index contributed by atoms with van der Waals surface area (Å²) in [7, 11) is 0. The van der Waals surface area contributed by atoms with Crippen molar-refractivity contribution >= 4 is 40.2 Å². The van der Waals surface area contributed by atoms with E-state index in [1.54, 1.807) is 24.3 Å². The van der Waals surface area contributed by atoms with Gasteiger partial charge in [0, 0.05) is 14.7 Å². The van der Waals surface area contributed by atoms with Gasteiger partial charge >= 0.3 is 0 Å². The number of benzene rings is 1. The minimum atomic E-state index is 1.01. The first kappa shape index (κ1) is 10.8. The summed E-state index contributed by atoms with van der Waals surface area (Å²) >= 11 is 3.89. The molecule has 1 N–H and O–H groups in total. The third-order valence-corrected chi connectivity index (χ3v) is 3.33. The molecule has 76 valence electrons. The second-order valence-electron chi connectivity index (χ2n) is 2.90. The molecule has 0 aliphatic heterocycles. The van der Waals surface area contributed by atoms with Crippen LogP contribution in [0.4, 0.5) is 5.69 Å². The average Bonchev–Trinajstić information content (AvgIpc) is 2.30. The van der Waals surface area contributed by atoms with Gasteiger partial charge in [-0.1, -0.05) is 0 Å². The fourth-order valence-corrected chi connectivity index (χ4v) is 2.03. The minimum Gasteiger partial charge on any atom is -0.324 e. The van der Waals surface area contributed by atoms with Crippen LogP contribution in [0.2, 0.25) is 0 Å². The van der Waals surface area contributed by atoms with Crippen LogP contribution in [-0.2, 0) is 0 Å². The largest absolute Gasteiger partial charge is 0.324 e. The van der Waals surface area contributed by atoms with Gasteiger partial charge in [-0.15, -0.1) is 0 Å². The summed E-state index contributed by atoms with van der Waals surface area (Å²) in [5.41, 5.74) is 1.01. The highest BCUT2D eigenvalue weighted by Crippen LogP contribution is 2.20. The van der Waals surface area contributed by atoms with Gasteiger partial charge in [0.25, 0.3) is 0 Å². The molecule has 1 aromatic carbocycles. The molecule has 2 rings (SSSR count). The Labute approximate surface area is 107 Å². The molecule has 2 aromatic rings. The summed E-state index contributed by atoms with van der Waals surface area (Å²) in [4.78, 5) is 5.23. The van der Waals surface area contributed by atoms with E-state index in [1.807, 2.05) is 12.1 Å². The molecule has 0 aliphatic rings. The zero-order chi connectivity index (χ0) is 10.5. The summed E-state index contributed by atoms with van der Waals surface area (Å²) in [5.74, 6) is 0. The quantitative estimate of drug-likeness (QED) is 0.685. The van der Waals surface area contributed by atoms with Crippen molar-refractivity contribution < 1.29 is 0 Å². The van der Waals surface area contributed by atoms with E-state index in [9.17, 15) is 0 Å². The van der Waals surface area contributed by atoms with Crippen LogP contribution in [0.3, 0.4) is 0 Å². The molecule has 2 nitrogen and oxygen atoms in total. The molecule has 0 fully saturated rings. The monoisotopic (exact) mass is 328 g/mol. The maximum atomic E-state index is 4.03. The van der Waals surface area contributed by atoms with E-state index < -0.39 is 0 Å². The lowest BCUT2D eigenvalue weighted by Crippen LogP contribution is -1.86. The van der Waals surface area contributed by atoms with Crippen molar-refractivity contribution in [2.24, 2.45) is 0 Å². The Morgan fingerprint density at radius 1 is 1.13 bits per heavy atom. The molecular weight excluding hydrogens is 319 g/mol. The summed E-state index contributed by atoms with van der Waals surface area (Å²) in [6, 6.07) is 12.3. The van der Waals surface area contributed by atoms with Crippen molar-refractivity contribution in [1.82, 2.24) is 4.98 Å². The second kappa shape index (κ2) is 5.37. The van der Waals surface area contributed by atoms with Gasteiger partial charge in [-0.2, -0.15) is 0 Å². The normalized spacial score (nSPS) is 9.93. The number of pyridine rings is 1. The molecule has 0 unspecified atom stereocenters. The number of halogens is 1. The SMILES string of the molecule is Ic1ccc(SNc2cccnc2)cc1. The fourth-order valence-electron chi connectivity index (χ4n) is 1.04. The predicted molar refractivity (Wildman–Crippen MR) is 72.9 cm³/mol. The van der Waals surface area contributed by atoms with E-state index in [2.05, 4.69) is 56.6 Å². The molecule has 0 saturated carbocycles. The van der Waals surface area contributed by atoms with Gasteiger partial charge in [0.1, 0.15) is 0 Å². The highest BCUT2D eigenvalue weighted by atomic mass is 127. The number of hydrogen-bond donors (Lipinski definition) is 1. The first-order valence-electron chi connectivity index (χ1n) is 4.43. The predicted octanol–water partition coefficient (Wildman–Crippen LogP) is 3.81. The maximum absolute atomic E-state index is 4.03. The third-order valence-electron chi connectivity index (χ3n) is 1.76. The summed E-state index contributed by atoms with van der Waals surface area (Å²) in [5, 5.41) is 0. The second-order valence-corrected chi connectivity index (χ2v) is 5.03. The van der Waals surface area contributed by atoms with Crippen molar-refractivity contribution in [3.8, 4) is 0 Å². The standard InChI is InChI=1S/C11H9IN2S/c12-9-3-5-11(6-4-9)15-14-10-2-1-7-13-8-10/h1-8,14H. The number of anilines is 1. The van der Waals surface area contributed by atoms with Crippen LogP contribution in [0.5, 0.6) is 0 Å². The van der Waals surface area contributed by atoms with E-state index in [4.69, 9.17) is 0 Å². The molecule has 0 aliphatic carbocycles. The number of nitrogens with one attached hydrogen (secondary N) is 1. The van der Waals surface area contributed by atoms with Crippen molar-refractivity contribution in [2.75, 3.05) is 4.72 Å². The van der Waals surface area contributed by atoms with E-state index in [1.165, 1.54) is 8.47 Å². The number of aromatic nitrogens is 1. The molecule has 0 bridgehead atoms. The first-order chi connectivity index (χ1) is 7.34. The van der Waals surface area contributed by atoms with Crippen molar-refractivity contribution in [2.45, 2.75) is 4.90 Å². The van der Waals surface area contributed by atoms with Crippen LogP contribution in [0, 0.1) is 3.57 Å². The van der Waals surface area contributed by atoms with Crippen molar-refractivity contribution in [1.29, 1.82) is 0 Å². The maximum Gasteiger partial charge on any atom is 0.0628 e. The minimum absolute atomic E-state index is 1.01. The van der Waals surface area contributed by atoms with Crippen LogP contribution in [0.25, 0.3) is 0 Å². The van der Waals surface area contributed by atoms with Crippen molar-refractivity contribution in [3.05, 3.63) is 52.4 Å². The molecule has 0 spiro atoms. The summed E-state index contributed by atoms with van der Waals surface area (Å²) in [6.07, 6.45) is 3.57. The van der Waals surface area contributed by atoms with Crippen LogP contribution in [0.15, 0.2) is 53.7 Å². The zero-order valence-corrected chi connectivity index (χ0v) is 10.8. The van der Waals surface area contributed by atoms with E-state index >= 15 is 0 Å². The lowest BCUT2D eigenvalue weighted by Gasteiger charge is -2.04. The van der Waals surface area contributed by atoms with Gasteiger partial charge in [0.2, 0.25) is 0 Å². The zero-order valence-electron chi connectivity index (χ0n) is 7.85. The average molecular weight is 328 g/mol. The Morgan fingerprint density at radius 2 is 1.93 bits per heavy atom. The fraction of sp³-hybridized carbons (Fsp3) is 0. The van der Waals surface area contributed by atoms with Crippen LogP contribution in [-0.4, -0.2) is 4.98 Å². The van der Waals surface area contributed by atoms with Gasteiger partial charge in [-0.3, -0.25) is 4.98 Å². The molecule has 15 heavy (non-hydrogen) atoms. The van der Waals surface area contributed by atoms with Crippen LogP contribution in [0.1, 0.15) is 0 Å². The van der Waals surface area contributed by atoms with E-state index in [0.717, 1.165) is 5.69 Å². The first-order valence-corrected chi connectivity index (χ1v) is 6.32.